The monoisotopic (exact) mass is 367 g/mol. The first-order chi connectivity index (χ1) is 13.0. The SMILES string of the molecule is NC(=O)c1cc2c([nH]c1=O)CCCC2NC(=O)C1COc2ccccc2C1. The molecular weight excluding hydrogens is 346 g/mol. The van der Waals surface area contributed by atoms with E-state index in [1.54, 1.807) is 0 Å². The number of hydrogen-bond donors (Lipinski definition) is 3. The van der Waals surface area contributed by atoms with Crippen LogP contribution in [0.1, 0.15) is 46.1 Å². The lowest BCUT2D eigenvalue weighted by Gasteiger charge is -2.30. The van der Waals surface area contributed by atoms with Gasteiger partial charge >= 0.3 is 0 Å². The van der Waals surface area contributed by atoms with Gasteiger partial charge < -0.3 is 20.8 Å². The van der Waals surface area contributed by atoms with E-state index < -0.39 is 11.5 Å². The highest BCUT2D eigenvalue weighted by Crippen LogP contribution is 2.30. The quantitative estimate of drug-likeness (QED) is 0.757. The van der Waals surface area contributed by atoms with Crippen molar-refractivity contribution in [1.29, 1.82) is 0 Å². The van der Waals surface area contributed by atoms with E-state index in [1.807, 2.05) is 24.3 Å². The van der Waals surface area contributed by atoms with Crippen molar-refractivity contribution in [2.24, 2.45) is 11.7 Å². The fourth-order valence-corrected chi connectivity index (χ4v) is 3.86. The molecule has 0 saturated heterocycles. The van der Waals surface area contributed by atoms with Gasteiger partial charge in [0.1, 0.15) is 17.9 Å². The number of H-pyrrole nitrogens is 1. The van der Waals surface area contributed by atoms with Crippen LogP contribution >= 0.6 is 0 Å². The standard InChI is InChI=1S/C20H21N3O4/c21-18(24)14-9-13-15(5-3-6-16(13)23-20(14)26)22-19(25)12-8-11-4-1-2-7-17(11)27-10-12/h1-2,4,7,9,12,15H,3,5-6,8,10H2,(H2,21,24)(H,22,25)(H,23,26). The molecule has 2 unspecified atom stereocenters. The predicted octanol–water partition coefficient (Wildman–Crippen LogP) is 1.22. The molecule has 2 amide bonds. The van der Waals surface area contributed by atoms with E-state index >= 15 is 0 Å². The van der Waals surface area contributed by atoms with Gasteiger partial charge in [-0.25, -0.2) is 0 Å². The minimum Gasteiger partial charge on any atom is -0.492 e. The van der Waals surface area contributed by atoms with Crippen molar-refractivity contribution in [1.82, 2.24) is 10.3 Å². The number of carbonyl (C=O) groups is 2. The van der Waals surface area contributed by atoms with Crippen LogP contribution < -0.4 is 21.3 Å². The Balaban J connectivity index is 1.54. The Kier molecular flexibility index (Phi) is 4.43. The molecule has 2 aliphatic rings. The van der Waals surface area contributed by atoms with Gasteiger partial charge in [-0.05, 0) is 48.9 Å². The topological polar surface area (TPSA) is 114 Å². The number of benzene rings is 1. The molecule has 1 aromatic heterocycles. The van der Waals surface area contributed by atoms with Crippen molar-refractivity contribution in [3.63, 3.8) is 0 Å². The van der Waals surface area contributed by atoms with Crippen LogP contribution in [0.4, 0.5) is 0 Å². The number of carbonyl (C=O) groups excluding carboxylic acids is 2. The summed E-state index contributed by atoms with van der Waals surface area (Å²) in [6.45, 7) is 0.334. The molecule has 0 radical (unpaired) electrons. The largest absolute Gasteiger partial charge is 0.492 e. The highest BCUT2D eigenvalue weighted by atomic mass is 16.5. The Morgan fingerprint density at radius 2 is 2.07 bits per heavy atom. The Labute approximate surface area is 155 Å². The summed E-state index contributed by atoms with van der Waals surface area (Å²) in [5.41, 5.74) is 7.28. The summed E-state index contributed by atoms with van der Waals surface area (Å²) in [5, 5.41) is 3.07. The summed E-state index contributed by atoms with van der Waals surface area (Å²) in [7, 11) is 0. The first-order valence-corrected chi connectivity index (χ1v) is 9.10. The summed E-state index contributed by atoms with van der Waals surface area (Å²) < 4.78 is 5.71. The number of hydrogen-bond acceptors (Lipinski definition) is 4. The molecular formula is C20H21N3O4. The zero-order chi connectivity index (χ0) is 19.0. The Morgan fingerprint density at radius 3 is 2.89 bits per heavy atom. The number of nitrogens with two attached hydrogens (primary N) is 1. The Bertz CT molecular complexity index is 966. The smallest absolute Gasteiger partial charge is 0.261 e. The van der Waals surface area contributed by atoms with E-state index in [4.69, 9.17) is 10.5 Å². The number of amides is 2. The number of rotatable bonds is 3. The van der Waals surface area contributed by atoms with Gasteiger partial charge in [0.15, 0.2) is 0 Å². The molecule has 2 heterocycles. The number of para-hydroxylation sites is 1. The molecule has 0 spiro atoms. The minimum absolute atomic E-state index is 0.0789. The molecule has 1 aliphatic heterocycles. The molecule has 7 nitrogen and oxygen atoms in total. The second-order valence-corrected chi connectivity index (χ2v) is 7.08. The van der Waals surface area contributed by atoms with Gasteiger partial charge in [0.2, 0.25) is 5.91 Å². The van der Waals surface area contributed by atoms with Crippen LogP contribution in [0.25, 0.3) is 0 Å². The number of fused-ring (bicyclic) bond motifs is 2. The molecule has 1 aliphatic carbocycles. The molecule has 2 atom stereocenters. The maximum atomic E-state index is 12.8. The lowest BCUT2D eigenvalue weighted by Crippen LogP contribution is -2.40. The van der Waals surface area contributed by atoms with E-state index in [0.717, 1.165) is 35.4 Å². The van der Waals surface area contributed by atoms with E-state index in [2.05, 4.69) is 10.3 Å². The zero-order valence-electron chi connectivity index (χ0n) is 14.8. The first-order valence-electron chi connectivity index (χ1n) is 9.10. The first kappa shape index (κ1) is 17.3. The number of ether oxygens (including phenoxy) is 1. The van der Waals surface area contributed by atoms with Gasteiger partial charge in [0.05, 0.1) is 12.0 Å². The average molecular weight is 367 g/mol. The molecule has 0 saturated carbocycles. The third kappa shape index (κ3) is 3.32. The van der Waals surface area contributed by atoms with Crippen molar-refractivity contribution in [2.45, 2.75) is 31.7 Å². The molecule has 0 bridgehead atoms. The summed E-state index contributed by atoms with van der Waals surface area (Å²) in [5.74, 6) is -0.307. The average Bonchev–Trinajstić information content (AvgIpc) is 2.67. The van der Waals surface area contributed by atoms with Crippen LogP contribution in [-0.4, -0.2) is 23.4 Å². The van der Waals surface area contributed by atoms with Gasteiger partial charge in [-0.2, -0.15) is 0 Å². The van der Waals surface area contributed by atoms with E-state index in [9.17, 15) is 14.4 Å². The summed E-state index contributed by atoms with van der Waals surface area (Å²) in [4.78, 5) is 39.0. The van der Waals surface area contributed by atoms with Gasteiger partial charge in [-0.1, -0.05) is 18.2 Å². The van der Waals surface area contributed by atoms with Crippen molar-refractivity contribution >= 4 is 11.8 Å². The number of pyridine rings is 1. The third-order valence-corrected chi connectivity index (χ3v) is 5.28. The molecule has 0 fully saturated rings. The number of nitrogens with one attached hydrogen (secondary N) is 2. The van der Waals surface area contributed by atoms with E-state index in [-0.39, 0.29) is 23.4 Å². The molecule has 27 heavy (non-hydrogen) atoms. The molecule has 1 aromatic carbocycles. The van der Waals surface area contributed by atoms with Crippen molar-refractivity contribution in [3.05, 3.63) is 63.1 Å². The lowest BCUT2D eigenvalue weighted by atomic mass is 9.89. The molecule has 4 N–H and O–H groups in total. The number of aromatic nitrogens is 1. The van der Waals surface area contributed by atoms with Crippen LogP contribution in [0.15, 0.2) is 35.1 Å². The van der Waals surface area contributed by atoms with Gasteiger partial charge in [0, 0.05) is 5.69 Å². The summed E-state index contributed by atoms with van der Waals surface area (Å²) >= 11 is 0. The van der Waals surface area contributed by atoms with Crippen molar-refractivity contribution < 1.29 is 14.3 Å². The van der Waals surface area contributed by atoms with Crippen molar-refractivity contribution in [2.75, 3.05) is 6.61 Å². The number of aromatic amines is 1. The van der Waals surface area contributed by atoms with Crippen LogP contribution in [-0.2, 0) is 17.6 Å². The maximum Gasteiger partial charge on any atom is 0.261 e. The normalized spacial score (nSPS) is 20.7. The molecule has 140 valence electrons. The second-order valence-electron chi connectivity index (χ2n) is 7.08. The second kappa shape index (κ2) is 6.90. The highest BCUT2D eigenvalue weighted by molar-refractivity contribution is 5.92. The van der Waals surface area contributed by atoms with Gasteiger partial charge in [-0.15, -0.1) is 0 Å². The highest BCUT2D eigenvalue weighted by Gasteiger charge is 2.30. The number of primary amides is 1. The van der Waals surface area contributed by atoms with E-state index in [1.165, 1.54) is 6.07 Å². The maximum absolute atomic E-state index is 12.8. The Morgan fingerprint density at radius 1 is 1.26 bits per heavy atom. The summed E-state index contributed by atoms with van der Waals surface area (Å²) in [6, 6.07) is 8.98. The predicted molar refractivity (Wildman–Crippen MR) is 98.5 cm³/mol. The number of aryl methyl sites for hydroxylation is 1. The van der Waals surface area contributed by atoms with Crippen LogP contribution in [0.3, 0.4) is 0 Å². The van der Waals surface area contributed by atoms with Crippen LogP contribution in [0, 0.1) is 5.92 Å². The molecule has 2 aromatic rings. The van der Waals surface area contributed by atoms with Crippen molar-refractivity contribution in [3.8, 4) is 5.75 Å². The fraction of sp³-hybridized carbons (Fsp3) is 0.350. The van der Waals surface area contributed by atoms with Gasteiger partial charge in [0.25, 0.3) is 11.5 Å². The Hall–Kier alpha value is -3.09. The minimum atomic E-state index is -0.771. The summed E-state index contributed by atoms with van der Waals surface area (Å²) in [6.07, 6.45) is 2.91. The van der Waals surface area contributed by atoms with E-state index in [0.29, 0.717) is 19.4 Å². The van der Waals surface area contributed by atoms with Gasteiger partial charge in [-0.3, -0.25) is 14.4 Å². The molecule has 4 rings (SSSR count). The molecule has 7 heteroatoms. The zero-order valence-corrected chi connectivity index (χ0v) is 14.8. The fourth-order valence-electron chi connectivity index (χ4n) is 3.86. The lowest BCUT2D eigenvalue weighted by molar-refractivity contribution is -0.127. The third-order valence-electron chi connectivity index (χ3n) is 5.28. The van der Waals surface area contributed by atoms with Crippen LogP contribution in [0.2, 0.25) is 0 Å². The van der Waals surface area contributed by atoms with Crippen LogP contribution in [0.5, 0.6) is 5.75 Å².